The van der Waals surface area contributed by atoms with Crippen LogP contribution < -0.4 is 5.73 Å². The van der Waals surface area contributed by atoms with E-state index in [0.29, 0.717) is 6.54 Å². The number of carbonyl (C=O) groups is 1. The van der Waals surface area contributed by atoms with Gasteiger partial charge in [0.1, 0.15) is 0 Å². The maximum Gasteiger partial charge on any atom is 0.317 e. The Bertz CT molecular complexity index is 114. The Morgan fingerprint density at radius 2 is 2.30 bits per heavy atom. The maximum absolute atomic E-state index is 10.1. The van der Waals surface area contributed by atoms with Crippen molar-refractivity contribution in [3.05, 3.63) is 0 Å². The van der Waals surface area contributed by atoms with Crippen molar-refractivity contribution in [2.75, 3.05) is 20.1 Å². The van der Waals surface area contributed by atoms with Gasteiger partial charge in [-0.3, -0.25) is 9.69 Å². The predicted octanol–water partition coefficient (Wildman–Crippen LogP) is -0.650. The van der Waals surface area contributed by atoms with Crippen molar-refractivity contribution in [2.24, 2.45) is 5.73 Å². The second kappa shape index (κ2) is 4.24. The Morgan fingerprint density at radius 3 is 2.60 bits per heavy atom. The summed E-state index contributed by atoms with van der Waals surface area (Å²) >= 11 is 0. The first-order valence-corrected chi connectivity index (χ1v) is 3.18. The SMILES string of the molecule is CC(N)CN(C)CC(=O)O. The van der Waals surface area contributed by atoms with Gasteiger partial charge in [-0.05, 0) is 14.0 Å². The molecular weight excluding hydrogens is 132 g/mol. The fourth-order valence-electron chi connectivity index (χ4n) is 0.787. The van der Waals surface area contributed by atoms with Gasteiger partial charge in [0.15, 0.2) is 0 Å². The zero-order valence-corrected chi connectivity index (χ0v) is 6.37. The minimum absolute atomic E-state index is 0.0318. The molecule has 0 saturated carbocycles. The number of hydrogen-bond acceptors (Lipinski definition) is 3. The number of hydrogen-bond donors (Lipinski definition) is 2. The zero-order valence-electron chi connectivity index (χ0n) is 6.37. The number of nitrogens with zero attached hydrogens (tertiary/aromatic N) is 1. The van der Waals surface area contributed by atoms with E-state index in [2.05, 4.69) is 0 Å². The standard InChI is InChI=1S/C6H14N2O2/c1-5(7)3-8(2)4-6(9)10/h5H,3-4,7H2,1-2H3,(H,9,10). The lowest BCUT2D eigenvalue weighted by molar-refractivity contribution is -0.137. The van der Waals surface area contributed by atoms with Crippen molar-refractivity contribution in [1.29, 1.82) is 0 Å². The van der Waals surface area contributed by atoms with Crippen molar-refractivity contribution in [1.82, 2.24) is 4.90 Å². The summed E-state index contributed by atoms with van der Waals surface area (Å²) in [6.45, 7) is 2.52. The first kappa shape index (κ1) is 9.39. The van der Waals surface area contributed by atoms with Crippen LogP contribution in [0.4, 0.5) is 0 Å². The van der Waals surface area contributed by atoms with Crippen molar-refractivity contribution in [3.63, 3.8) is 0 Å². The number of nitrogens with two attached hydrogens (primary N) is 1. The lowest BCUT2D eigenvalue weighted by atomic mass is 10.3. The molecule has 0 heterocycles. The van der Waals surface area contributed by atoms with E-state index in [1.165, 1.54) is 0 Å². The molecule has 1 atom stereocenters. The molecule has 0 aliphatic carbocycles. The summed E-state index contributed by atoms with van der Waals surface area (Å²) in [4.78, 5) is 11.8. The van der Waals surface area contributed by atoms with Crippen LogP contribution in [0.3, 0.4) is 0 Å². The summed E-state index contributed by atoms with van der Waals surface area (Å²) in [7, 11) is 1.73. The van der Waals surface area contributed by atoms with Crippen molar-refractivity contribution in [3.8, 4) is 0 Å². The van der Waals surface area contributed by atoms with E-state index in [1.807, 2.05) is 6.92 Å². The van der Waals surface area contributed by atoms with Crippen molar-refractivity contribution < 1.29 is 9.90 Å². The molecule has 1 unspecified atom stereocenters. The molecule has 0 aliphatic heterocycles. The van der Waals surface area contributed by atoms with Crippen LogP contribution in [0.25, 0.3) is 0 Å². The van der Waals surface area contributed by atoms with Crippen molar-refractivity contribution >= 4 is 5.97 Å². The highest BCUT2D eigenvalue weighted by atomic mass is 16.4. The van der Waals surface area contributed by atoms with Crippen LogP contribution in [0.1, 0.15) is 6.92 Å². The van der Waals surface area contributed by atoms with Gasteiger partial charge in [-0.2, -0.15) is 0 Å². The molecule has 10 heavy (non-hydrogen) atoms. The first-order valence-electron chi connectivity index (χ1n) is 3.18. The van der Waals surface area contributed by atoms with E-state index >= 15 is 0 Å². The lowest BCUT2D eigenvalue weighted by Crippen LogP contribution is -2.35. The lowest BCUT2D eigenvalue weighted by Gasteiger charge is -2.15. The van der Waals surface area contributed by atoms with Gasteiger partial charge < -0.3 is 10.8 Å². The van der Waals surface area contributed by atoms with E-state index in [-0.39, 0.29) is 12.6 Å². The molecule has 60 valence electrons. The average Bonchev–Trinajstić information content (AvgIpc) is 1.58. The van der Waals surface area contributed by atoms with Gasteiger partial charge in [-0.25, -0.2) is 0 Å². The van der Waals surface area contributed by atoms with Crippen LogP contribution in [0, 0.1) is 0 Å². The van der Waals surface area contributed by atoms with Gasteiger partial charge in [0, 0.05) is 12.6 Å². The van der Waals surface area contributed by atoms with Crippen LogP contribution in [0.15, 0.2) is 0 Å². The smallest absolute Gasteiger partial charge is 0.317 e. The highest BCUT2D eigenvalue weighted by Gasteiger charge is 2.04. The topological polar surface area (TPSA) is 66.6 Å². The summed E-state index contributed by atoms with van der Waals surface area (Å²) in [6, 6.07) is 0.0318. The second-order valence-corrected chi connectivity index (χ2v) is 2.57. The van der Waals surface area contributed by atoms with Crippen LogP contribution in [0.5, 0.6) is 0 Å². The average molecular weight is 146 g/mol. The Hall–Kier alpha value is -0.610. The fraction of sp³-hybridized carbons (Fsp3) is 0.833. The summed E-state index contributed by atoms with van der Waals surface area (Å²) in [5, 5.41) is 8.31. The molecule has 4 nitrogen and oxygen atoms in total. The highest BCUT2D eigenvalue weighted by Crippen LogP contribution is 1.84. The van der Waals surface area contributed by atoms with Gasteiger partial charge in [0.2, 0.25) is 0 Å². The molecule has 0 rings (SSSR count). The van der Waals surface area contributed by atoms with Crippen molar-refractivity contribution in [2.45, 2.75) is 13.0 Å². The molecule has 0 fully saturated rings. The predicted molar refractivity (Wildman–Crippen MR) is 38.8 cm³/mol. The Morgan fingerprint density at radius 1 is 1.80 bits per heavy atom. The number of rotatable bonds is 4. The van der Waals surface area contributed by atoms with Crippen LogP contribution in [-0.4, -0.2) is 42.2 Å². The summed E-state index contributed by atoms with van der Waals surface area (Å²) in [5.41, 5.74) is 5.43. The summed E-state index contributed by atoms with van der Waals surface area (Å²) < 4.78 is 0. The molecule has 0 bridgehead atoms. The molecule has 0 spiro atoms. The molecular formula is C6H14N2O2. The van der Waals surface area contributed by atoms with E-state index < -0.39 is 5.97 Å². The second-order valence-electron chi connectivity index (χ2n) is 2.57. The van der Waals surface area contributed by atoms with Crippen LogP contribution in [0.2, 0.25) is 0 Å². The minimum Gasteiger partial charge on any atom is -0.480 e. The number of likely N-dealkylation sites (N-methyl/N-ethyl adjacent to an activating group) is 1. The molecule has 0 radical (unpaired) electrons. The molecule has 0 aromatic rings. The van der Waals surface area contributed by atoms with Gasteiger partial charge >= 0.3 is 5.97 Å². The number of carboxylic acid groups (broad SMARTS) is 1. The molecule has 0 saturated heterocycles. The van der Waals surface area contributed by atoms with E-state index in [0.717, 1.165) is 0 Å². The van der Waals surface area contributed by atoms with Gasteiger partial charge in [-0.15, -0.1) is 0 Å². The maximum atomic E-state index is 10.1. The van der Waals surface area contributed by atoms with E-state index in [1.54, 1.807) is 11.9 Å². The Kier molecular flexibility index (Phi) is 3.99. The molecule has 4 heteroatoms. The summed E-state index contributed by atoms with van der Waals surface area (Å²) in [6.07, 6.45) is 0. The van der Waals surface area contributed by atoms with E-state index in [9.17, 15) is 4.79 Å². The molecule has 0 aliphatic rings. The Labute approximate surface area is 60.6 Å². The number of carboxylic acids is 1. The van der Waals surface area contributed by atoms with Gasteiger partial charge in [0.25, 0.3) is 0 Å². The molecule has 0 aromatic carbocycles. The zero-order chi connectivity index (χ0) is 8.15. The fourth-order valence-corrected chi connectivity index (χ4v) is 0.787. The molecule has 3 N–H and O–H groups in total. The molecule has 0 amide bonds. The minimum atomic E-state index is -0.817. The third-order valence-corrected chi connectivity index (χ3v) is 1.00. The van der Waals surface area contributed by atoms with Gasteiger partial charge in [0.05, 0.1) is 6.54 Å². The van der Waals surface area contributed by atoms with E-state index in [4.69, 9.17) is 10.8 Å². The van der Waals surface area contributed by atoms with Crippen LogP contribution >= 0.6 is 0 Å². The molecule has 0 aromatic heterocycles. The van der Waals surface area contributed by atoms with Gasteiger partial charge in [-0.1, -0.05) is 0 Å². The Balaban J connectivity index is 3.43. The summed E-state index contributed by atoms with van der Waals surface area (Å²) in [5.74, 6) is -0.817. The third-order valence-electron chi connectivity index (χ3n) is 1.00. The van der Waals surface area contributed by atoms with Crippen LogP contribution in [-0.2, 0) is 4.79 Å². The first-order chi connectivity index (χ1) is 4.52. The highest BCUT2D eigenvalue weighted by molar-refractivity contribution is 5.68. The third kappa shape index (κ3) is 5.53. The normalized spacial score (nSPS) is 13.6. The quantitative estimate of drug-likeness (QED) is 0.553. The number of aliphatic carboxylic acids is 1. The monoisotopic (exact) mass is 146 g/mol. The largest absolute Gasteiger partial charge is 0.480 e.